The van der Waals surface area contributed by atoms with Gasteiger partial charge in [0.2, 0.25) is 5.76 Å². The molecule has 1 aromatic heterocycles. The molecule has 126 valence electrons. The molecule has 24 heavy (non-hydrogen) atoms. The number of aromatic nitrogens is 1. The maximum absolute atomic E-state index is 13.1. The van der Waals surface area contributed by atoms with Gasteiger partial charge in [0.25, 0.3) is 5.91 Å². The van der Waals surface area contributed by atoms with E-state index >= 15 is 0 Å². The molecule has 4 rings (SSSR count). The average molecular weight is 327 g/mol. The zero-order chi connectivity index (χ0) is 16.7. The molecule has 1 aromatic carbocycles. The van der Waals surface area contributed by atoms with Crippen molar-refractivity contribution in [3.63, 3.8) is 0 Å². The number of anilines is 1. The summed E-state index contributed by atoms with van der Waals surface area (Å²) < 4.78 is 11.5. The van der Waals surface area contributed by atoms with Crippen molar-refractivity contribution in [1.82, 2.24) is 9.88 Å². The molecule has 1 aliphatic carbocycles. The summed E-state index contributed by atoms with van der Waals surface area (Å²) in [5.41, 5.74) is 1.59. The number of hydrogen-bond donors (Lipinski definition) is 0. The van der Waals surface area contributed by atoms with Crippen LogP contribution in [-0.4, -0.2) is 49.1 Å². The first-order valence-corrected chi connectivity index (χ1v) is 8.29. The lowest BCUT2D eigenvalue weighted by molar-refractivity contribution is 0.0913. The summed E-state index contributed by atoms with van der Waals surface area (Å²) in [5, 5.41) is 0. The minimum atomic E-state index is -0.131. The van der Waals surface area contributed by atoms with Crippen molar-refractivity contribution in [1.29, 1.82) is 0 Å². The number of fused-ring (bicyclic) bond motifs is 1. The maximum atomic E-state index is 13.1. The molecule has 0 N–H and O–H groups in total. The van der Waals surface area contributed by atoms with Gasteiger partial charge in [0.15, 0.2) is 6.39 Å². The Morgan fingerprint density at radius 3 is 2.88 bits per heavy atom. The highest BCUT2D eigenvalue weighted by atomic mass is 16.5. The standard InChI is InChI=1S/C18H21N3O3/c1-20(2)9-13-10-21(14-5-3-4-6-15(14)24-13)18(22)17-16(12-7-8-12)19-11-23-17/h3-6,11-13H,7-10H2,1-2H3. The molecule has 0 bridgehead atoms. The van der Waals surface area contributed by atoms with Gasteiger partial charge in [0, 0.05) is 12.5 Å². The number of benzene rings is 1. The van der Waals surface area contributed by atoms with E-state index < -0.39 is 0 Å². The summed E-state index contributed by atoms with van der Waals surface area (Å²) in [6, 6.07) is 7.65. The number of nitrogens with zero attached hydrogens (tertiary/aromatic N) is 3. The van der Waals surface area contributed by atoms with Crippen molar-refractivity contribution >= 4 is 11.6 Å². The van der Waals surface area contributed by atoms with Crippen LogP contribution < -0.4 is 9.64 Å². The summed E-state index contributed by atoms with van der Waals surface area (Å²) in [6.45, 7) is 1.24. The number of hydrogen-bond acceptors (Lipinski definition) is 5. The van der Waals surface area contributed by atoms with Gasteiger partial charge in [-0.05, 0) is 39.1 Å². The Hall–Kier alpha value is -2.34. The minimum Gasteiger partial charge on any atom is -0.485 e. The Bertz CT molecular complexity index is 751. The average Bonchev–Trinajstić information content (AvgIpc) is 3.29. The largest absolute Gasteiger partial charge is 0.485 e. The maximum Gasteiger partial charge on any atom is 0.296 e. The van der Waals surface area contributed by atoms with Gasteiger partial charge in [-0.15, -0.1) is 0 Å². The molecule has 2 aliphatic rings. The van der Waals surface area contributed by atoms with Crippen LogP contribution in [0, 0.1) is 0 Å². The highest BCUT2D eigenvalue weighted by Gasteiger charge is 2.37. The molecule has 6 nitrogen and oxygen atoms in total. The van der Waals surface area contributed by atoms with Crippen LogP contribution in [0.15, 0.2) is 35.1 Å². The van der Waals surface area contributed by atoms with Gasteiger partial charge in [-0.2, -0.15) is 0 Å². The van der Waals surface area contributed by atoms with E-state index in [9.17, 15) is 4.79 Å². The lowest BCUT2D eigenvalue weighted by Crippen LogP contribution is -2.47. The molecule has 1 aliphatic heterocycles. The topological polar surface area (TPSA) is 58.8 Å². The number of likely N-dealkylation sites (N-methyl/N-ethyl adjacent to an activating group) is 1. The van der Waals surface area contributed by atoms with E-state index in [0.717, 1.165) is 36.5 Å². The molecular formula is C18H21N3O3. The lowest BCUT2D eigenvalue weighted by Gasteiger charge is -2.35. The monoisotopic (exact) mass is 327 g/mol. The molecule has 1 amide bonds. The van der Waals surface area contributed by atoms with Gasteiger partial charge in [-0.1, -0.05) is 12.1 Å². The predicted octanol–water partition coefficient (Wildman–Crippen LogP) is 2.52. The van der Waals surface area contributed by atoms with Crippen LogP contribution in [0.5, 0.6) is 5.75 Å². The number of rotatable bonds is 4. The van der Waals surface area contributed by atoms with E-state index in [1.54, 1.807) is 4.90 Å². The summed E-state index contributed by atoms with van der Waals surface area (Å²) in [7, 11) is 4.00. The van der Waals surface area contributed by atoms with E-state index in [2.05, 4.69) is 9.88 Å². The highest BCUT2D eigenvalue weighted by Crippen LogP contribution is 2.42. The fraction of sp³-hybridized carbons (Fsp3) is 0.444. The second-order valence-electron chi connectivity index (χ2n) is 6.73. The number of oxazole rings is 1. The van der Waals surface area contributed by atoms with Gasteiger partial charge in [-0.3, -0.25) is 9.69 Å². The normalized spacial score (nSPS) is 20.0. The van der Waals surface area contributed by atoms with E-state index in [1.165, 1.54) is 6.39 Å². The fourth-order valence-corrected chi connectivity index (χ4v) is 3.18. The van der Waals surface area contributed by atoms with Crippen LogP contribution in [0.25, 0.3) is 0 Å². The number of para-hydroxylation sites is 2. The van der Waals surface area contributed by atoms with Crippen molar-refractivity contribution < 1.29 is 13.9 Å². The van der Waals surface area contributed by atoms with Crippen molar-refractivity contribution in [3.05, 3.63) is 42.1 Å². The smallest absolute Gasteiger partial charge is 0.296 e. The lowest BCUT2D eigenvalue weighted by atomic mass is 10.1. The first kappa shape index (κ1) is 15.2. The summed E-state index contributed by atoms with van der Waals surface area (Å²) in [6.07, 6.45) is 3.46. The third-order valence-corrected chi connectivity index (χ3v) is 4.40. The molecule has 1 saturated carbocycles. The Morgan fingerprint density at radius 2 is 2.12 bits per heavy atom. The van der Waals surface area contributed by atoms with Crippen LogP contribution in [0.2, 0.25) is 0 Å². The van der Waals surface area contributed by atoms with E-state index in [4.69, 9.17) is 9.15 Å². The molecule has 2 aromatic rings. The first-order chi connectivity index (χ1) is 11.6. The third-order valence-electron chi connectivity index (χ3n) is 4.40. The minimum absolute atomic E-state index is 0.0776. The first-order valence-electron chi connectivity index (χ1n) is 8.29. The fourth-order valence-electron chi connectivity index (χ4n) is 3.18. The van der Waals surface area contributed by atoms with Crippen molar-refractivity contribution in [2.45, 2.75) is 24.9 Å². The Balaban J connectivity index is 1.67. The van der Waals surface area contributed by atoms with Crippen LogP contribution in [0.4, 0.5) is 5.69 Å². The number of carbonyl (C=O) groups excluding carboxylic acids is 1. The second kappa shape index (κ2) is 5.94. The zero-order valence-electron chi connectivity index (χ0n) is 13.9. The van der Waals surface area contributed by atoms with Gasteiger partial charge in [0.05, 0.1) is 17.9 Å². The SMILES string of the molecule is CN(C)CC1CN(C(=O)c2ocnc2C2CC2)c2ccccc2O1. The van der Waals surface area contributed by atoms with E-state index in [0.29, 0.717) is 18.2 Å². The van der Waals surface area contributed by atoms with Crippen LogP contribution >= 0.6 is 0 Å². The Kier molecular flexibility index (Phi) is 3.76. The number of carbonyl (C=O) groups is 1. The summed E-state index contributed by atoms with van der Waals surface area (Å²) in [5.74, 6) is 1.35. The molecule has 0 radical (unpaired) electrons. The van der Waals surface area contributed by atoms with Crippen LogP contribution in [0.3, 0.4) is 0 Å². The van der Waals surface area contributed by atoms with Crippen molar-refractivity contribution in [2.24, 2.45) is 0 Å². The Labute approximate surface area is 141 Å². The molecule has 1 fully saturated rings. The summed E-state index contributed by atoms with van der Waals surface area (Å²) in [4.78, 5) is 21.2. The third kappa shape index (κ3) is 2.78. The zero-order valence-corrected chi connectivity index (χ0v) is 13.9. The number of amides is 1. The van der Waals surface area contributed by atoms with E-state index in [1.807, 2.05) is 38.4 Å². The molecule has 0 spiro atoms. The molecule has 2 heterocycles. The predicted molar refractivity (Wildman–Crippen MR) is 89.6 cm³/mol. The quantitative estimate of drug-likeness (QED) is 0.863. The van der Waals surface area contributed by atoms with Gasteiger partial charge in [0.1, 0.15) is 11.9 Å². The van der Waals surface area contributed by atoms with Gasteiger partial charge in [-0.25, -0.2) is 4.98 Å². The van der Waals surface area contributed by atoms with Gasteiger partial charge >= 0.3 is 0 Å². The highest BCUT2D eigenvalue weighted by molar-refractivity contribution is 6.06. The molecule has 0 saturated heterocycles. The van der Waals surface area contributed by atoms with Crippen molar-refractivity contribution in [3.8, 4) is 5.75 Å². The van der Waals surface area contributed by atoms with Gasteiger partial charge < -0.3 is 14.1 Å². The van der Waals surface area contributed by atoms with E-state index in [-0.39, 0.29) is 12.0 Å². The molecular weight excluding hydrogens is 306 g/mol. The molecule has 1 atom stereocenters. The summed E-state index contributed by atoms with van der Waals surface area (Å²) >= 11 is 0. The van der Waals surface area contributed by atoms with Crippen molar-refractivity contribution in [2.75, 3.05) is 32.1 Å². The molecule has 6 heteroatoms. The second-order valence-corrected chi connectivity index (χ2v) is 6.73. The molecule has 1 unspecified atom stereocenters. The Morgan fingerprint density at radius 1 is 1.33 bits per heavy atom. The van der Waals surface area contributed by atoms with Crippen LogP contribution in [0.1, 0.15) is 35.0 Å². The number of ether oxygens (including phenoxy) is 1. The van der Waals surface area contributed by atoms with Crippen LogP contribution in [-0.2, 0) is 0 Å².